The fourth-order valence-corrected chi connectivity index (χ4v) is 2.37. The average molecular weight is 391 g/mol. The van der Waals surface area contributed by atoms with Gasteiger partial charge in [-0.15, -0.1) is 0 Å². The molecule has 0 aliphatic heterocycles. The predicted octanol–water partition coefficient (Wildman–Crippen LogP) is 4.44. The van der Waals surface area contributed by atoms with E-state index >= 15 is 0 Å². The third-order valence-corrected chi connectivity index (χ3v) is 3.83. The Morgan fingerprint density at radius 3 is 2.31 bits per heavy atom. The molecule has 3 rings (SSSR count). The van der Waals surface area contributed by atoms with Crippen molar-refractivity contribution in [3.05, 3.63) is 74.6 Å². The van der Waals surface area contributed by atoms with Crippen LogP contribution in [0, 0.1) is 10.1 Å². The van der Waals surface area contributed by atoms with Crippen molar-refractivity contribution < 1.29 is 4.92 Å². The molecule has 0 saturated heterocycles. The molecule has 0 unspecified atom stereocenters. The van der Waals surface area contributed by atoms with Gasteiger partial charge in [0.15, 0.2) is 0 Å². The highest BCUT2D eigenvalue weighted by molar-refractivity contribution is 6.30. The summed E-state index contributed by atoms with van der Waals surface area (Å²) in [6.45, 7) is 0.341. The minimum atomic E-state index is -0.553. The van der Waals surface area contributed by atoms with Gasteiger partial charge in [-0.2, -0.15) is 0 Å². The number of hydrogen-bond donors (Lipinski definition) is 2. The van der Waals surface area contributed by atoms with Gasteiger partial charge in [0.05, 0.1) is 9.95 Å². The number of nitrogens with one attached hydrogen (secondary N) is 2. The lowest BCUT2D eigenvalue weighted by Crippen LogP contribution is -2.08. The molecular formula is C16H12Cl2N6O2. The van der Waals surface area contributed by atoms with E-state index in [9.17, 15) is 10.1 Å². The number of anilines is 3. The van der Waals surface area contributed by atoms with Crippen molar-refractivity contribution in [1.29, 1.82) is 0 Å². The second-order valence-corrected chi connectivity index (χ2v) is 6.02. The van der Waals surface area contributed by atoms with E-state index in [2.05, 4.69) is 25.6 Å². The maximum Gasteiger partial charge on any atom is 0.353 e. The molecule has 2 aromatic heterocycles. The molecule has 0 saturated carbocycles. The van der Waals surface area contributed by atoms with Crippen molar-refractivity contribution >= 4 is 46.3 Å². The summed E-state index contributed by atoms with van der Waals surface area (Å²) in [5.74, 6) is 0.495. The van der Waals surface area contributed by atoms with Gasteiger partial charge in [0, 0.05) is 17.8 Å². The standard InChI is InChI=1S/C16H12Cl2N6O2/c17-11-3-1-10(2-4-11)7-20-15-14(24(25)26)16(22-9-21-15)23-13-6-5-12(18)8-19-13/h1-6,8-9H,7H2,(H2,19,20,21,22,23). The largest absolute Gasteiger partial charge is 0.360 e. The first-order valence-electron chi connectivity index (χ1n) is 7.39. The van der Waals surface area contributed by atoms with E-state index in [1.165, 1.54) is 12.5 Å². The summed E-state index contributed by atoms with van der Waals surface area (Å²) in [6, 6.07) is 10.3. The molecule has 8 nitrogen and oxygen atoms in total. The quantitative estimate of drug-likeness (QED) is 0.473. The van der Waals surface area contributed by atoms with Gasteiger partial charge in [0.2, 0.25) is 11.6 Å². The fourth-order valence-electron chi connectivity index (χ4n) is 2.13. The minimum absolute atomic E-state index is 0.0263. The van der Waals surface area contributed by atoms with E-state index in [0.29, 0.717) is 22.4 Å². The van der Waals surface area contributed by atoms with Crippen molar-refractivity contribution in [2.75, 3.05) is 10.6 Å². The van der Waals surface area contributed by atoms with Gasteiger partial charge in [-0.1, -0.05) is 35.3 Å². The maximum absolute atomic E-state index is 11.5. The molecule has 0 aliphatic rings. The van der Waals surface area contributed by atoms with Crippen molar-refractivity contribution in [1.82, 2.24) is 15.0 Å². The monoisotopic (exact) mass is 390 g/mol. The van der Waals surface area contributed by atoms with Crippen molar-refractivity contribution in [3.8, 4) is 0 Å². The number of halogens is 2. The maximum atomic E-state index is 11.5. The van der Waals surface area contributed by atoms with Crippen LogP contribution in [0.5, 0.6) is 0 Å². The summed E-state index contributed by atoms with van der Waals surface area (Å²) < 4.78 is 0. The van der Waals surface area contributed by atoms with Crippen LogP contribution in [0.25, 0.3) is 0 Å². The summed E-state index contributed by atoms with van der Waals surface area (Å²) in [6.07, 6.45) is 2.66. The van der Waals surface area contributed by atoms with E-state index in [1.54, 1.807) is 24.3 Å². The van der Waals surface area contributed by atoms with E-state index in [0.717, 1.165) is 5.56 Å². The zero-order valence-electron chi connectivity index (χ0n) is 13.2. The molecular weight excluding hydrogens is 379 g/mol. The highest BCUT2D eigenvalue weighted by Crippen LogP contribution is 2.31. The Morgan fingerprint density at radius 2 is 1.65 bits per heavy atom. The molecule has 26 heavy (non-hydrogen) atoms. The molecule has 0 radical (unpaired) electrons. The summed E-state index contributed by atoms with van der Waals surface area (Å²) in [5.41, 5.74) is 0.620. The van der Waals surface area contributed by atoms with Crippen molar-refractivity contribution in [3.63, 3.8) is 0 Å². The van der Waals surface area contributed by atoms with Crippen LogP contribution in [-0.2, 0) is 6.54 Å². The summed E-state index contributed by atoms with van der Waals surface area (Å²) in [4.78, 5) is 23.0. The Labute approximate surface area is 158 Å². The molecule has 132 valence electrons. The number of hydrogen-bond acceptors (Lipinski definition) is 7. The summed E-state index contributed by atoms with van der Waals surface area (Å²) >= 11 is 11.6. The molecule has 2 heterocycles. The second kappa shape index (κ2) is 7.94. The molecule has 0 bridgehead atoms. The number of rotatable bonds is 6. The predicted molar refractivity (Wildman–Crippen MR) is 100.0 cm³/mol. The van der Waals surface area contributed by atoms with Crippen LogP contribution in [-0.4, -0.2) is 19.9 Å². The number of nitrogens with zero attached hydrogens (tertiary/aromatic N) is 4. The molecule has 0 atom stereocenters. The lowest BCUT2D eigenvalue weighted by atomic mass is 10.2. The average Bonchev–Trinajstić information content (AvgIpc) is 2.63. The van der Waals surface area contributed by atoms with Crippen molar-refractivity contribution in [2.24, 2.45) is 0 Å². The Hall–Kier alpha value is -2.97. The molecule has 0 fully saturated rings. The SMILES string of the molecule is O=[N+]([O-])c1c(NCc2ccc(Cl)cc2)ncnc1Nc1ccc(Cl)cn1. The molecule has 0 spiro atoms. The van der Waals surface area contributed by atoms with E-state index in [-0.39, 0.29) is 17.3 Å². The van der Waals surface area contributed by atoms with Gasteiger partial charge in [-0.25, -0.2) is 15.0 Å². The first-order valence-corrected chi connectivity index (χ1v) is 8.15. The molecule has 2 N–H and O–H groups in total. The van der Waals surface area contributed by atoms with Gasteiger partial charge >= 0.3 is 5.69 Å². The van der Waals surface area contributed by atoms with Crippen LogP contribution in [0.2, 0.25) is 10.0 Å². The van der Waals surface area contributed by atoms with Crippen LogP contribution in [0.15, 0.2) is 48.9 Å². The molecule has 1 aromatic carbocycles. The molecule has 0 amide bonds. The topological polar surface area (TPSA) is 106 Å². The first kappa shape index (κ1) is 17.8. The number of aromatic nitrogens is 3. The third kappa shape index (κ3) is 4.35. The van der Waals surface area contributed by atoms with E-state index < -0.39 is 4.92 Å². The molecule has 10 heteroatoms. The highest BCUT2D eigenvalue weighted by atomic mass is 35.5. The van der Waals surface area contributed by atoms with Crippen LogP contribution in [0.4, 0.5) is 23.1 Å². The van der Waals surface area contributed by atoms with Crippen LogP contribution >= 0.6 is 23.2 Å². The van der Waals surface area contributed by atoms with Gasteiger partial charge in [0.25, 0.3) is 0 Å². The smallest absolute Gasteiger partial charge is 0.353 e. The van der Waals surface area contributed by atoms with Gasteiger partial charge < -0.3 is 10.6 Å². The Bertz CT molecular complexity index is 919. The second-order valence-electron chi connectivity index (χ2n) is 5.14. The zero-order valence-corrected chi connectivity index (χ0v) is 14.7. The van der Waals surface area contributed by atoms with E-state index in [1.807, 2.05) is 12.1 Å². The van der Waals surface area contributed by atoms with Crippen molar-refractivity contribution in [2.45, 2.75) is 6.54 Å². The Morgan fingerprint density at radius 1 is 0.962 bits per heavy atom. The Kier molecular flexibility index (Phi) is 5.45. The normalized spacial score (nSPS) is 10.4. The summed E-state index contributed by atoms with van der Waals surface area (Å²) in [7, 11) is 0. The lowest BCUT2D eigenvalue weighted by Gasteiger charge is -2.10. The number of nitro groups is 1. The minimum Gasteiger partial charge on any atom is -0.360 e. The van der Waals surface area contributed by atoms with Gasteiger partial charge in [-0.3, -0.25) is 10.1 Å². The fraction of sp³-hybridized carbons (Fsp3) is 0.0625. The van der Waals surface area contributed by atoms with Crippen LogP contribution in [0.3, 0.4) is 0 Å². The van der Waals surface area contributed by atoms with Crippen LogP contribution in [0.1, 0.15) is 5.56 Å². The number of benzene rings is 1. The van der Waals surface area contributed by atoms with Gasteiger partial charge in [0.1, 0.15) is 12.1 Å². The molecule has 3 aromatic rings. The lowest BCUT2D eigenvalue weighted by molar-refractivity contribution is -0.383. The van der Waals surface area contributed by atoms with E-state index in [4.69, 9.17) is 23.2 Å². The van der Waals surface area contributed by atoms with Gasteiger partial charge in [-0.05, 0) is 29.8 Å². The summed E-state index contributed by atoms with van der Waals surface area (Å²) in [5, 5.41) is 18.4. The highest BCUT2D eigenvalue weighted by Gasteiger charge is 2.23. The first-order chi connectivity index (χ1) is 12.5. The Balaban J connectivity index is 1.84. The molecule has 0 aliphatic carbocycles. The third-order valence-electron chi connectivity index (χ3n) is 3.35. The van der Waals surface area contributed by atoms with Crippen LogP contribution < -0.4 is 10.6 Å². The number of pyridine rings is 1. The zero-order chi connectivity index (χ0) is 18.5.